The minimum absolute atomic E-state index is 0.00416. The van der Waals surface area contributed by atoms with Gasteiger partial charge in [0.05, 0.1) is 5.57 Å². The zero-order chi connectivity index (χ0) is 18.8. The maximum Gasteiger partial charge on any atom is 0.253 e. The van der Waals surface area contributed by atoms with Crippen molar-refractivity contribution in [3.8, 4) is 5.75 Å². The SMILES string of the molecule is O=C(C1=Cc2cc(Cl)ccc2OC1)N1CCC(C(=O)N2CCCCC2)CC1. The largest absolute Gasteiger partial charge is 0.488 e. The maximum absolute atomic E-state index is 12.9. The predicted molar refractivity (Wildman–Crippen MR) is 105 cm³/mol. The van der Waals surface area contributed by atoms with E-state index in [1.807, 2.05) is 28.0 Å². The van der Waals surface area contributed by atoms with Crippen molar-refractivity contribution in [1.82, 2.24) is 9.80 Å². The lowest BCUT2D eigenvalue weighted by Gasteiger charge is -2.36. The minimum Gasteiger partial charge on any atom is -0.488 e. The molecule has 0 unspecified atom stereocenters. The normalized spacial score (nSPS) is 20.6. The van der Waals surface area contributed by atoms with Crippen molar-refractivity contribution in [2.24, 2.45) is 5.92 Å². The third-order valence-corrected chi connectivity index (χ3v) is 5.99. The van der Waals surface area contributed by atoms with Gasteiger partial charge in [-0.25, -0.2) is 0 Å². The summed E-state index contributed by atoms with van der Waals surface area (Å²) in [6, 6.07) is 5.42. The quantitative estimate of drug-likeness (QED) is 0.780. The molecule has 0 spiro atoms. The van der Waals surface area contributed by atoms with Crippen LogP contribution in [0.2, 0.25) is 5.02 Å². The summed E-state index contributed by atoms with van der Waals surface area (Å²) in [6.07, 6.45) is 6.82. The van der Waals surface area contributed by atoms with Gasteiger partial charge in [0.2, 0.25) is 5.91 Å². The van der Waals surface area contributed by atoms with Gasteiger partial charge in [-0.05, 0) is 56.4 Å². The van der Waals surface area contributed by atoms with Crippen molar-refractivity contribution in [2.75, 3.05) is 32.8 Å². The highest BCUT2D eigenvalue weighted by molar-refractivity contribution is 6.30. The molecule has 0 aromatic heterocycles. The first-order chi connectivity index (χ1) is 13.1. The van der Waals surface area contributed by atoms with Gasteiger partial charge < -0.3 is 14.5 Å². The Labute approximate surface area is 164 Å². The second kappa shape index (κ2) is 7.93. The van der Waals surface area contributed by atoms with Crippen molar-refractivity contribution < 1.29 is 14.3 Å². The molecule has 0 atom stereocenters. The molecule has 3 aliphatic heterocycles. The Morgan fingerprint density at radius 3 is 2.48 bits per heavy atom. The molecule has 3 heterocycles. The van der Waals surface area contributed by atoms with Crippen molar-refractivity contribution in [3.63, 3.8) is 0 Å². The lowest BCUT2D eigenvalue weighted by molar-refractivity contribution is -0.140. The van der Waals surface area contributed by atoms with Crippen LogP contribution in [0.5, 0.6) is 5.75 Å². The van der Waals surface area contributed by atoms with Crippen LogP contribution in [0.15, 0.2) is 23.8 Å². The average Bonchev–Trinajstić information content (AvgIpc) is 2.73. The molecule has 2 amide bonds. The zero-order valence-electron chi connectivity index (χ0n) is 15.5. The highest BCUT2D eigenvalue weighted by Gasteiger charge is 2.32. The van der Waals surface area contributed by atoms with Crippen LogP contribution in [-0.2, 0) is 9.59 Å². The van der Waals surface area contributed by atoms with Crippen LogP contribution >= 0.6 is 11.6 Å². The van der Waals surface area contributed by atoms with Gasteiger partial charge in [-0.2, -0.15) is 0 Å². The van der Waals surface area contributed by atoms with Crippen LogP contribution in [0, 0.1) is 5.92 Å². The monoisotopic (exact) mass is 388 g/mol. The first kappa shape index (κ1) is 18.4. The lowest BCUT2D eigenvalue weighted by atomic mass is 9.93. The van der Waals surface area contributed by atoms with E-state index < -0.39 is 0 Å². The molecule has 0 saturated carbocycles. The molecule has 0 aliphatic carbocycles. The molecular weight excluding hydrogens is 364 g/mol. The van der Waals surface area contributed by atoms with E-state index in [-0.39, 0.29) is 24.3 Å². The molecule has 6 heteroatoms. The summed E-state index contributed by atoms with van der Waals surface area (Å²) in [4.78, 5) is 29.4. The van der Waals surface area contributed by atoms with Gasteiger partial charge in [0.25, 0.3) is 5.91 Å². The van der Waals surface area contributed by atoms with E-state index in [1.165, 1.54) is 6.42 Å². The van der Waals surface area contributed by atoms with Gasteiger partial charge in [-0.15, -0.1) is 0 Å². The van der Waals surface area contributed by atoms with Crippen molar-refractivity contribution in [2.45, 2.75) is 32.1 Å². The number of benzene rings is 1. The Bertz CT molecular complexity index is 763. The standard InChI is InChI=1S/C21H25ClN2O3/c22-18-4-5-19-16(13-18)12-17(14-27-19)21(26)24-10-6-15(7-11-24)20(25)23-8-2-1-3-9-23/h4-5,12-13,15H,1-3,6-11,14H2. The van der Waals surface area contributed by atoms with E-state index in [2.05, 4.69) is 0 Å². The average molecular weight is 389 g/mol. The summed E-state index contributed by atoms with van der Waals surface area (Å²) < 4.78 is 5.71. The van der Waals surface area contributed by atoms with E-state index in [4.69, 9.17) is 16.3 Å². The number of ether oxygens (including phenoxy) is 1. The molecule has 1 aromatic rings. The molecule has 4 rings (SSSR count). The molecule has 1 aromatic carbocycles. The summed E-state index contributed by atoms with van der Waals surface area (Å²) in [6.45, 7) is 3.32. The van der Waals surface area contributed by atoms with Crippen molar-refractivity contribution >= 4 is 29.5 Å². The fourth-order valence-corrected chi connectivity index (χ4v) is 4.36. The Morgan fingerprint density at radius 1 is 1.00 bits per heavy atom. The number of amides is 2. The maximum atomic E-state index is 12.9. The van der Waals surface area contributed by atoms with Gasteiger partial charge in [-0.3, -0.25) is 9.59 Å². The van der Waals surface area contributed by atoms with Crippen LogP contribution in [0.4, 0.5) is 0 Å². The molecule has 2 fully saturated rings. The number of rotatable bonds is 2. The molecule has 5 nitrogen and oxygen atoms in total. The second-order valence-electron chi connectivity index (χ2n) is 7.59. The number of hydrogen-bond donors (Lipinski definition) is 0. The molecule has 144 valence electrons. The number of hydrogen-bond acceptors (Lipinski definition) is 3. The lowest BCUT2D eigenvalue weighted by Crippen LogP contribution is -2.46. The number of halogens is 1. The smallest absolute Gasteiger partial charge is 0.253 e. The third-order valence-electron chi connectivity index (χ3n) is 5.76. The number of nitrogens with zero attached hydrogens (tertiary/aromatic N) is 2. The van der Waals surface area contributed by atoms with Gasteiger partial charge in [-0.1, -0.05) is 11.6 Å². The Hall–Kier alpha value is -2.01. The summed E-state index contributed by atoms with van der Waals surface area (Å²) in [5.41, 5.74) is 1.48. The third kappa shape index (κ3) is 3.98. The predicted octanol–water partition coefficient (Wildman–Crippen LogP) is 3.37. The molecule has 3 aliphatic rings. The summed E-state index contributed by atoms with van der Waals surface area (Å²) in [5, 5.41) is 0.624. The second-order valence-corrected chi connectivity index (χ2v) is 8.03. The number of piperidine rings is 2. The van der Waals surface area contributed by atoms with Crippen LogP contribution in [0.3, 0.4) is 0 Å². The van der Waals surface area contributed by atoms with Gasteiger partial charge in [0.1, 0.15) is 12.4 Å². The van der Waals surface area contributed by atoms with Crippen LogP contribution < -0.4 is 4.74 Å². The first-order valence-electron chi connectivity index (χ1n) is 9.83. The minimum atomic E-state index is 0.00416. The molecular formula is C21H25ClN2O3. The summed E-state index contributed by atoms with van der Waals surface area (Å²) in [5.74, 6) is 1.10. The van der Waals surface area contributed by atoms with Gasteiger partial charge >= 0.3 is 0 Å². The van der Waals surface area contributed by atoms with E-state index in [9.17, 15) is 9.59 Å². The van der Waals surface area contributed by atoms with Crippen LogP contribution in [0.1, 0.15) is 37.7 Å². The zero-order valence-corrected chi connectivity index (χ0v) is 16.2. The van der Waals surface area contributed by atoms with Gasteiger partial charge in [0, 0.05) is 42.7 Å². The van der Waals surface area contributed by atoms with Crippen molar-refractivity contribution in [3.05, 3.63) is 34.4 Å². The highest BCUT2D eigenvalue weighted by Crippen LogP contribution is 2.30. The summed E-state index contributed by atoms with van der Waals surface area (Å²) >= 11 is 6.05. The fraction of sp³-hybridized carbons (Fsp3) is 0.524. The first-order valence-corrected chi connectivity index (χ1v) is 10.2. The fourth-order valence-electron chi connectivity index (χ4n) is 4.18. The number of carbonyl (C=O) groups is 2. The molecule has 2 saturated heterocycles. The molecule has 0 radical (unpaired) electrons. The molecule has 27 heavy (non-hydrogen) atoms. The highest BCUT2D eigenvalue weighted by atomic mass is 35.5. The van der Waals surface area contributed by atoms with E-state index in [0.717, 1.165) is 50.1 Å². The van der Waals surface area contributed by atoms with Crippen LogP contribution in [-0.4, -0.2) is 54.4 Å². The molecule has 0 bridgehead atoms. The number of likely N-dealkylation sites (tertiary alicyclic amines) is 2. The van der Waals surface area contributed by atoms with E-state index >= 15 is 0 Å². The molecule has 0 N–H and O–H groups in total. The Morgan fingerprint density at radius 2 is 1.74 bits per heavy atom. The van der Waals surface area contributed by atoms with Crippen LogP contribution in [0.25, 0.3) is 6.08 Å². The van der Waals surface area contributed by atoms with E-state index in [1.54, 1.807) is 6.07 Å². The Kier molecular flexibility index (Phi) is 5.39. The summed E-state index contributed by atoms with van der Waals surface area (Å²) in [7, 11) is 0. The Balaban J connectivity index is 1.37. The van der Waals surface area contributed by atoms with Gasteiger partial charge in [0.15, 0.2) is 0 Å². The number of carbonyl (C=O) groups excluding carboxylic acids is 2. The number of fused-ring (bicyclic) bond motifs is 1. The topological polar surface area (TPSA) is 49.9 Å². The van der Waals surface area contributed by atoms with Crippen molar-refractivity contribution in [1.29, 1.82) is 0 Å². The van der Waals surface area contributed by atoms with E-state index in [0.29, 0.717) is 23.7 Å².